The number of hydrogen-bond acceptors (Lipinski definition) is 5. The second-order valence-corrected chi connectivity index (χ2v) is 7.98. The first-order valence-electron chi connectivity index (χ1n) is 10.1. The van der Waals surface area contributed by atoms with E-state index in [1.54, 1.807) is 6.07 Å². The van der Waals surface area contributed by atoms with E-state index in [9.17, 15) is 9.18 Å². The summed E-state index contributed by atoms with van der Waals surface area (Å²) in [5, 5.41) is 4.74. The average Bonchev–Trinajstić information content (AvgIpc) is 3.52. The Labute approximate surface area is 168 Å². The van der Waals surface area contributed by atoms with Crippen molar-refractivity contribution in [3.05, 3.63) is 58.7 Å². The molecule has 1 amide bonds. The van der Waals surface area contributed by atoms with E-state index in [4.69, 9.17) is 4.52 Å². The monoisotopic (exact) mass is 394 g/mol. The predicted octanol–water partition coefficient (Wildman–Crippen LogP) is 3.51. The predicted molar refractivity (Wildman–Crippen MR) is 106 cm³/mol. The van der Waals surface area contributed by atoms with Crippen LogP contribution in [-0.4, -0.2) is 52.0 Å². The van der Waals surface area contributed by atoms with Gasteiger partial charge in [-0.2, -0.15) is 0 Å². The molecule has 0 unspecified atom stereocenters. The first-order chi connectivity index (χ1) is 14.1. The Balaban J connectivity index is 1.33. The molecule has 0 spiro atoms. The molecule has 29 heavy (non-hydrogen) atoms. The molecule has 0 N–H and O–H groups in total. The lowest BCUT2D eigenvalue weighted by Crippen LogP contribution is -2.48. The summed E-state index contributed by atoms with van der Waals surface area (Å²) < 4.78 is 19.3. The van der Waals surface area contributed by atoms with Gasteiger partial charge >= 0.3 is 0 Å². The normalized spacial score (nSPS) is 17.8. The highest BCUT2D eigenvalue weighted by Gasteiger charge is 2.30. The molecule has 0 atom stereocenters. The van der Waals surface area contributed by atoms with Crippen LogP contribution in [0.5, 0.6) is 0 Å². The Morgan fingerprint density at radius 1 is 1.21 bits per heavy atom. The van der Waals surface area contributed by atoms with Gasteiger partial charge in [-0.15, -0.1) is 0 Å². The Hall–Kier alpha value is -2.80. The second kappa shape index (κ2) is 7.22. The lowest BCUT2D eigenvalue weighted by Gasteiger charge is -2.35. The van der Waals surface area contributed by atoms with Gasteiger partial charge in [0.15, 0.2) is 0 Å². The van der Waals surface area contributed by atoms with Gasteiger partial charge in [0.1, 0.15) is 5.82 Å². The number of hydrogen-bond donors (Lipinski definition) is 0. The smallest absolute Gasteiger partial charge is 0.259 e. The number of aromatic nitrogens is 2. The Morgan fingerprint density at radius 3 is 2.69 bits per heavy atom. The van der Waals surface area contributed by atoms with Gasteiger partial charge in [0, 0.05) is 49.9 Å². The van der Waals surface area contributed by atoms with E-state index in [1.165, 1.54) is 6.07 Å². The summed E-state index contributed by atoms with van der Waals surface area (Å²) in [6, 6.07) is 8.79. The maximum atomic E-state index is 13.9. The number of carbonyl (C=O) groups is 1. The number of fused-ring (bicyclic) bond motifs is 1. The Morgan fingerprint density at radius 2 is 1.97 bits per heavy atom. The van der Waals surface area contributed by atoms with E-state index in [0.29, 0.717) is 66.6 Å². The van der Waals surface area contributed by atoms with E-state index in [1.807, 2.05) is 30.0 Å². The molecule has 2 aromatic heterocycles. The van der Waals surface area contributed by atoms with E-state index in [-0.39, 0.29) is 11.7 Å². The van der Waals surface area contributed by atoms with Gasteiger partial charge in [-0.25, -0.2) is 9.37 Å². The minimum absolute atomic E-state index is 0.00357. The van der Waals surface area contributed by atoms with Crippen molar-refractivity contribution in [2.45, 2.75) is 32.2 Å². The van der Waals surface area contributed by atoms with Crippen LogP contribution in [0, 0.1) is 12.7 Å². The average molecular weight is 394 g/mol. The molecule has 3 heterocycles. The van der Waals surface area contributed by atoms with Crippen LogP contribution in [0.2, 0.25) is 0 Å². The fourth-order valence-electron chi connectivity index (χ4n) is 4.02. The minimum atomic E-state index is -0.180. The van der Waals surface area contributed by atoms with E-state index in [2.05, 4.69) is 15.0 Å². The molecular weight excluding hydrogens is 371 g/mol. The van der Waals surface area contributed by atoms with Crippen molar-refractivity contribution in [2.24, 2.45) is 0 Å². The van der Waals surface area contributed by atoms with Gasteiger partial charge in [0.25, 0.3) is 11.6 Å². The van der Waals surface area contributed by atoms with Crippen LogP contribution in [0.15, 0.2) is 34.9 Å². The maximum Gasteiger partial charge on any atom is 0.259 e. The highest BCUT2D eigenvalue weighted by atomic mass is 19.1. The fraction of sp³-hybridized carbons (Fsp3) is 0.409. The van der Waals surface area contributed by atoms with Crippen LogP contribution in [0.3, 0.4) is 0 Å². The molecule has 6 nitrogen and oxygen atoms in total. The van der Waals surface area contributed by atoms with Crippen molar-refractivity contribution in [1.82, 2.24) is 19.9 Å². The number of amides is 1. The first kappa shape index (κ1) is 18.2. The largest absolute Gasteiger partial charge is 0.336 e. The number of aryl methyl sites for hydroxylation is 1. The zero-order valence-corrected chi connectivity index (χ0v) is 16.4. The minimum Gasteiger partial charge on any atom is -0.336 e. The summed E-state index contributed by atoms with van der Waals surface area (Å²) in [5.41, 5.74) is 3.40. The highest BCUT2D eigenvalue weighted by molar-refractivity contribution is 6.06. The molecule has 1 aliphatic carbocycles. The highest BCUT2D eigenvalue weighted by Crippen LogP contribution is 2.40. The zero-order valence-electron chi connectivity index (χ0n) is 16.4. The van der Waals surface area contributed by atoms with Crippen LogP contribution in [0.4, 0.5) is 4.39 Å². The molecule has 0 bridgehead atoms. The lowest BCUT2D eigenvalue weighted by atomic mass is 10.1. The van der Waals surface area contributed by atoms with Gasteiger partial charge in [0.05, 0.1) is 16.6 Å². The quantitative estimate of drug-likeness (QED) is 0.678. The molecular formula is C22H23FN4O2. The third-order valence-electron chi connectivity index (χ3n) is 5.87. The van der Waals surface area contributed by atoms with Crippen molar-refractivity contribution < 1.29 is 13.7 Å². The van der Waals surface area contributed by atoms with Gasteiger partial charge in [0.2, 0.25) is 0 Å². The fourth-order valence-corrected chi connectivity index (χ4v) is 4.02. The lowest BCUT2D eigenvalue weighted by molar-refractivity contribution is 0.0628. The number of benzene rings is 1. The summed E-state index contributed by atoms with van der Waals surface area (Å²) in [7, 11) is 0. The molecule has 2 fully saturated rings. The first-order valence-corrected chi connectivity index (χ1v) is 10.1. The molecule has 1 aromatic carbocycles. The van der Waals surface area contributed by atoms with E-state index in [0.717, 1.165) is 18.5 Å². The molecule has 1 saturated carbocycles. The molecule has 7 heteroatoms. The Kier molecular flexibility index (Phi) is 4.54. The number of nitrogens with zero attached hydrogens (tertiary/aromatic N) is 4. The van der Waals surface area contributed by atoms with Crippen LogP contribution in [0.1, 0.15) is 46.1 Å². The van der Waals surface area contributed by atoms with E-state index >= 15 is 0 Å². The van der Waals surface area contributed by atoms with Gasteiger partial charge < -0.3 is 9.42 Å². The molecule has 3 aromatic rings. The third-order valence-corrected chi connectivity index (χ3v) is 5.87. The third kappa shape index (κ3) is 3.51. The number of pyridine rings is 1. The van der Waals surface area contributed by atoms with Crippen molar-refractivity contribution >= 4 is 17.0 Å². The van der Waals surface area contributed by atoms with Crippen molar-refractivity contribution in [2.75, 3.05) is 26.2 Å². The van der Waals surface area contributed by atoms with Crippen LogP contribution in [-0.2, 0) is 6.54 Å². The summed E-state index contributed by atoms with van der Waals surface area (Å²) in [6.07, 6.45) is 2.21. The SMILES string of the molecule is Cc1noc2nc(C3CC3)cc(C(=O)N3CCN(Cc4ccccc4F)CC3)c12. The van der Waals surface area contributed by atoms with Crippen molar-refractivity contribution in [3.63, 3.8) is 0 Å². The summed E-state index contributed by atoms with van der Waals surface area (Å²) in [4.78, 5) is 22.0. The molecule has 1 saturated heterocycles. The van der Waals surface area contributed by atoms with Gasteiger partial charge in [-0.3, -0.25) is 9.69 Å². The number of carbonyl (C=O) groups excluding carboxylic acids is 1. The number of piperazine rings is 1. The molecule has 5 rings (SSSR count). The topological polar surface area (TPSA) is 62.5 Å². The number of halogens is 1. The van der Waals surface area contributed by atoms with Crippen LogP contribution in [0.25, 0.3) is 11.1 Å². The summed E-state index contributed by atoms with van der Waals surface area (Å²) >= 11 is 0. The standard InChI is InChI=1S/C22H23FN4O2/c1-14-20-17(12-19(15-6-7-15)24-21(20)29-25-14)22(28)27-10-8-26(9-11-27)13-16-4-2-3-5-18(16)23/h2-5,12,15H,6-11,13H2,1H3. The van der Waals surface area contributed by atoms with Crippen molar-refractivity contribution in [3.8, 4) is 0 Å². The Bertz CT molecular complexity index is 1070. The van der Waals surface area contributed by atoms with Crippen molar-refractivity contribution in [1.29, 1.82) is 0 Å². The second-order valence-electron chi connectivity index (χ2n) is 7.98. The van der Waals surface area contributed by atoms with Gasteiger partial charge in [-0.1, -0.05) is 23.4 Å². The summed E-state index contributed by atoms with van der Waals surface area (Å²) in [5.74, 6) is 0.242. The zero-order chi connectivity index (χ0) is 20.0. The molecule has 1 aliphatic heterocycles. The molecule has 150 valence electrons. The maximum absolute atomic E-state index is 13.9. The molecule has 0 radical (unpaired) electrons. The van der Waals surface area contributed by atoms with E-state index < -0.39 is 0 Å². The molecule has 2 aliphatic rings. The summed E-state index contributed by atoms with van der Waals surface area (Å²) in [6.45, 7) is 5.05. The number of rotatable bonds is 4. The van der Waals surface area contributed by atoms with Crippen LogP contribution >= 0.6 is 0 Å². The van der Waals surface area contributed by atoms with Gasteiger partial charge in [-0.05, 0) is 31.9 Å². The van der Waals surface area contributed by atoms with Crippen LogP contribution < -0.4 is 0 Å².